The van der Waals surface area contributed by atoms with E-state index in [-0.39, 0.29) is 17.5 Å². The molecule has 0 bridgehead atoms. The first kappa shape index (κ1) is 16.3. The van der Waals surface area contributed by atoms with Gasteiger partial charge < -0.3 is 10.2 Å². The van der Waals surface area contributed by atoms with Crippen molar-refractivity contribution in [2.24, 2.45) is 0 Å². The minimum absolute atomic E-state index is 0.00504. The lowest BCUT2D eigenvalue weighted by molar-refractivity contribution is 0.0932. The van der Waals surface area contributed by atoms with Gasteiger partial charge in [0.2, 0.25) is 0 Å². The van der Waals surface area contributed by atoms with E-state index in [1.165, 1.54) is 12.3 Å². The van der Waals surface area contributed by atoms with Gasteiger partial charge in [0.15, 0.2) is 0 Å². The summed E-state index contributed by atoms with van der Waals surface area (Å²) in [4.78, 5) is 26.7. The van der Waals surface area contributed by atoms with Crippen LogP contribution in [-0.4, -0.2) is 40.0 Å². The molecule has 1 fully saturated rings. The van der Waals surface area contributed by atoms with Crippen LogP contribution in [0.2, 0.25) is 0 Å². The van der Waals surface area contributed by atoms with Crippen molar-refractivity contribution in [1.82, 2.24) is 20.3 Å². The molecule has 0 radical (unpaired) electrons. The quantitative estimate of drug-likeness (QED) is 0.928. The monoisotopic (exact) mass is 329 g/mol. The van der Waals surface area contributed by atoms with E-state index in [4.69, 9.17) is 0 Å². The van der Waals surface area contributed by atoms with E-state index in [0.29, 0.717) is 6.54 Å². The molecule has 1 atom stereocenters. The molecule has 3 rings (SSSR count). The molecule has 7 heteroatoms. The molecule has 126 valence electrons. The van der Waals surface area contributed by atoms with Crippen molar-refractivity contribution in [3.63, 3.8) is 0 Å². The minimum Gasteiger partial charge on any atom is -0.354 e. The molecule has 0 aliphatic carbocycles. The third-order valence-corrected chi connectivity index (χ3v) is 4.12. The number of carbonyl (C=O) groups is 1. The summed E-state index contributed by atoms with van der Waals surface area (Å²) in [5, 5.41) is 2.96. The number of piperidine rings is 1. The number of nitrogens with one attached hydrogen (secondary N) is 1. The van der Waals surface area contributed by atoms with E-state index in [1.54, 1.807) is 6.33 Å². The SMILES string of the molecule is CCc1cc(N2CCCC(NC(=O)c3cncc(F)c3)C2)ncn1. The normalized spacial score (nSPS) is 17.6. The summed E-state index contributed by atoms with van der Waals surface area (Å²) in [7, 11) is 0. The van der Waals surface area contributed by atoms with Crippen molar-refractivity contribution >= 4 is 11.7 Å². The molecule has 24 heavy (non-hydrogen) atoms. The van der Waals surface area contributed by atoms with Crippen LogP contribution >= 0.6 is 0 Å². The second-order valence-corrected chi connectivity index (χ2v) is 5.87. The van der Waals surface area contributed by atoms with Gasteiger partial charge in [0, 0.05) is 37.1 Å². The molecule has 0 saturated carbocycles. The van der Waals surface area contributed by atoms with Gasteiger partial charge in [-0.3, -0.25) is 9.78 Å². The third-order valence-electron chi connectivity index (χ3n) is 4.12. The zero-order chi connectivity index (χ0) is 16.9. The Labute approximate surface area is 140 Å². The lowest BCUT2D eigenvalue weighted by Crippen LogP contribution is -2.48. The van der Waals surface area contributed by atoms with E-state index in [9.17, 15) is 9.18 Å². The number of carbonyl (C=O) groups excluding carboxylic acids is 1. The van der Waals surface area contributed by atoms with E-state index in [2.05, 4.69) is 32.1 Å². The van der Waals surface area contributed by atoms with Crippen LogP contribution < -0.4 is 10.2 Å². The molecule has 6 nitrogen and oxygen atoms in total. The Kier molecular flexibility index (Phi) is 4.98. The number of anilines is 1. The summed E-state index contributed by atoms with van der Waals surface area (Å²) in [6.45, 7) is 3.63. The standard InChI is InChI=1S/C17H20FN5O/c1-2-14-7-16(21-11-20-14)23-5-3-4-15(10-23)22-17(24)12-6-13(18)9-19-8-12/h6-9,11,15H,2-5,10H2,1H3,(H,22,24). The lowest BCUT2D eigenvalue weighted by atomic mass is 10.0. The molecule has 1 N–H and O–H groups in total. The summed E-state index contributed by atoms with van der Waals surface area (Å²) < 4.78 is 13.2. The fourth-order valence-electron chi connectivity index (χ4n) is 2.86. The zero-order valence-corrected chi connectivity index (χ0v) is 13.6. The number of pyridine rings is 1. The van der Waals surface area contributed by atoms with Crippen LogP contribution in [0.5, 0.6) is 0 Å². The Morgan fingerprint density at radius 1 is 1.38 bits per heavy atom. The highest BCUT2D eigenvalue weighted by atomic mass is 19.1. The first-order valence-electron chi connectivity index (χ1n) is 8.13. The maximum absolute atomic E-state index is 13.2. The summed E-state index contributed by atoms with van der Waals surface area (Å²) >= 11 is 0. The fraction of sp³-hybridized carbons (Fsp3) is 0.412. The van der Waals surface area contributed by atoms with Crippen LogP contribution in [0.15, 0.2) is 30.9 Å². The highest BCUT2D eigenvalue weighted by molar-refractivity contribution is 5.94. The number of halogens is 1. The molecule has 1 aliphatic rings. The lowest BCUT2D eigenvalue weighted by Gasteiger charge is -2.34. The number of hydrogen-bond acceptors (Lipinski definition) is 5. The molecule has 1 amide bonds. The molecule has 2 aromatic heterocycles. The van der Waals surface area contributed by atoms with E-state index < -0.39 is 5.82 Å². The number of hydrogen-bond donors (Lipinski definition) is 1. The average molecular weight is 329 g/mol. The Morgan fingerprint density at radius 3 is 3.04 bits per heavy atom. The van der Waals surface area contributed by atoms with Crippen LogP contribution in [0.1, 0.15) is 35.8 Å². The van der Waals surface area contributed by atoms with Crippen molar-refractivity contribution in [1.29, 1.82) is 0 Å². The molecule has 0 spiro atoms. The predicted molar refractivity (Wildman–Crippen MR) is 88.3 cm³/mol. The fourth-order valence-corrected chi connectivity index (χ4v) is 2.86. The first-order valence-corrected chi connectivity index (χ1v) is 8.13. The van der Waals surface area contributed by atoms with Crippen LogP contribution in [-0.2, 0) is 6.42 Å². The number of aromatic nitrogens is 3. The van der Waals surface area contributed by atoms with Gasteiger partial charge in [0.1, 0.15) is 18.0 Å². The highest BCUT2D eigenvalue weighted by Gasteiger charge is 2.23. The summed E-state index contributed by atoms with van der Waals surface area (Å²) in [6, 6.07) is 3.18. The van der Waals surface area contributed by atoms with E-state index in [0.717, 1.165) is 43.5 Å². The maximum Gasteiger partial charge on any atom is 0.253 e. The summed E-state index contributed by atoms with van der Waals surface area (Å²) in [5.74, 6) is 0.0695. The molecule has 1 saturated heterocycles. The van der Waals surface area contributed by atoms with Crippen molar-refractivity contribution in [2.75, 3.05) is 18.0 Å². The number of nitrogens with zero attached hydrogens (tertiary/aromatic N) is 4. The summed E-state index contributed by atoms with van der Waals surface area (Å²) in [6.07, 6.45) is 6.73. The molecule has 3 heterocycles. The molecular formula is C17H20FN5O. The molecule has 0 aromatic carbocycles. The van der Waals surface area contributed by atoms with Gasteiger partial charge in [-0.1, -0.05) is 6.92 Å². The number of rotatable bonds is 4. The van der Waals surface area contributed by atoms with Gasteiger partial charge in [0.25, 0.3) is 5.91 Å². The minimum atomic E-state index is -0.513. The van der Waals surface area contributed by atoms with Gasteiger partial charge in [-0.2, -0.15) is 0 Å². The molecule has 1 unspecified atom stereocenters. The Balaban J connectivity index is 1.66. The van der Waals surface area contributed by atoms with Crippen LogP contribution in [0.3, 0.4) is 0 Å². The topological polar surface area (TPSA) is 71.0 Å². The van der Waals surface area contributed by atoms with Crippen molar-refractivity contribution < 1.29 is 9.18 Å². The Bertz CT molecular complexity index is 724. The van der Waals surface area contributed by atoms with E-state index in [1.807, 2.05) is 6.07 Å². The molecular weight excluding hydrogens is 309 g/mol. The zero-order valence-electron chi connectivity index (χ0n) is 13.6. The van der Waals surface area contributed by atoms with Gasteiger partial charge in [-0.15, -0.1) is 0 Å². The second-order valence-electron chi connectivity index (χ2n) is 5.87. The number of aryl methyl sites for hydroxylation is 1. The van der Waals surface area contributed by atoms with Gasteiger partial charge >= 0.3 is 0 Å². The van der Waals surface area contributed by atoms with Gasteiger partial charge in [-0.05, 0) is 25.3 Å². The highest BCUT2D eigenvalue weighted by Crippen LogP contribution is 2.18. The summed E-state index contributed by atoms with van der Waals surface area (Å²) in [5.41, 5.74) is 1.24. The Hall–Kier alpha value is -2.57. The Morgan fingerprint density at radius 2 is 2.25 bits per heavy atom. The molecule has 1 aliphatic heterocycles. The second kappa shape index (κ2) is 7.33. The van der Waals surface area contributed by atoms with Crippen molar-refractivity contribution in [2.45, 2.75) is 32.2 Å². The maximum atomic E-state index is 13.2. The average Bonchev–Trinajstić information content (AvgIpc) is 2.62. The largest absolute Gasteiger partial charge is 0.354 e. The van der Waals surface area contributed by atoms with Gasteiger partial charge in [-0.25, -0.2) is 14.4 Å². The van der Waals surface area contributed by atoms with Crippen LogP contribution in [0.25, 0.3) is 0 Å². The van der Waals surface area contributed by atoms with Crippen molar-refractivity contribution in [3.8, 4) is 0 Å². The van der Waals surface area contributed by atoms with Crippen molar-refractivity contribution in [3.05, 3.63) is 47.9 Å². The molecule has 2 aromatic rings. The van der Waals surface area contributed by atoms with E-state index >= 15 is 0 Å². The number of amides is 1. The third kappa shape index (κ3) is 3.84. The predicted octanol–water partition coefficient (Wildman–Crippen LogP) is 1.97. The van der Waals surface area contributed by atoms with Gasteiger partial charge in [0.05, 0.1) is 11.8 Å². The van der Waals surface area contributed by atoms with Crippen LogP contribution in [0, 0.1) is 5.82 Å². The smallest absolute Gasteiger partial charge is 0.253 e. The van der Waals surface area contributed by atoms with Crippen LogP contribution in [0.4, 0.5) is 10.2 Å². The first-order chi connectivity index (χ1) is 11.7.